The van der Waals surface area contributed by atoms with Crippen molar-refractivity contribution in [2.45, 2.75) is 64.2 Å². The molecule has 2 aliphatic carbocycles. The van der Waals surface area contributed by atoms with Gasteiger partial charge in [0, 0.05) is 31.3 Å². The molecule has 1 aromatic carbocycles. The molecule has 10 heteroatoms. The number of carbonyl (C=O) groups is 1. The third kappa shape index (κ3) is 4.65. The maximum absolute atomic E-state index is 13.2. The van der Waals surface area contributed by atoms with Crippen molar-refractivity contribution in [1.82, 2.24) is 15.6 Å². The van der Waals surface area contributed by atoms with Crippen molar-refractivity contribution in [3.05, 3.63) is 28.3 Å². The molecule has 0 heterocycles. The summed E-state index contributed by atoms with van der Waals surface area (Å²) >= 11 is 0. The van der Waals surface area contributed by atoms with E-state index >= 15 is 0 Å². The first-order valence-corrected chi connectivity index (χ1v) is 12.7. The summed E-state index contributed by atoms with van der Waals surface area (Å²) in [6, 6.07) is 1.37. The number of benzene rings is 1. The van der Waals surface area contributed by atoms with E-state index in [0.29, 0.717) is 6.54 Å². The lowest BCUT2D eigenvalue weighted by Crippen LogP contribution is -2.63. The first-order chi connectivity index (χ1) is 15.1. The number of carbonyl (C=O) groups excluding carboxylic acids is 1. The van der Waals surface area contributed by atoms with Crippen LogP contribution in [0.2, 0.25) is 0 Å². The third-order valence-corrected chi connectivity index (χ3v) is 8.63. The molecule has 9 nitrogen and oxygen atoms in total. The highest BCUT2D eigenvalue weighted by atomic mass is 32.2. The fourth-order valence-electron chi connectivity index (χ4n) is 4.69. The monoisotopic (exact) mass is 468 g/mol. The molecule has 180 valence electrons. The minimum absolute atomic E-state index is 0.128. The second-order valence-electron chi connectivity index (χ2n) is 9.28. The van der Waals surface area contributed by atoms with Crippen LogP contribution >= 0.6 is 0 Å². The van der Waals surface area contributed by atoms with Gasteiger partial charge in [-0.2, -0.15) is 0 Å². The van der Waals surface area contributed by atoms with E-state index in [0.717, 1.165) is 55.3 Å². The Hall–Kier alpha value is -1.72. The van der Waals surface area contributed by atoms with Crippen LogP contribution in [0.1, 0.15) is 55.9 Å². The predicted molar refractivity (Wildman–Crippen MR) is 124 cm³/mol. The Morgan fingerprint density at radius 1 is 1.09 bits per heavy atom. The van der Waals surface area contributed by atoms with Gasteiger partial charge in [0.05, 0.1) is 6.61 Å². The SMILES string of the molecule is CCNNCC(C)(C)C(O)(COC)S(=O)(=O)NC(=O)Nc1c2c(cc3c1CCC3)CCC2. The molecular weight excluding hydrogens is 432 g/mol. The number of amides is 2. The van der Waals surface area contributed by atoms with Crippen LogP contribution in [0.25, 0.3) is 0 Å². The number of aliphatic hydroxyl groups is 1. The molecule has 1 unspecified atom stereocenters. The number of nitrogens with one attached hydrogen (secondary N) is 4. The lowest BCUT2D eigenvalue weighted by molar-refractivity contribution is -0.0491. The zero-order valence-electron chi connectivity index (χ0n) is 19.4. The number of urea groups is 1. The molecule has 0 fully saturated rings. The summed E-state index contributed by atoms with van der Waals surface area (Å²) in [4.78, 5) is 10.5. The number of fused-ring (bicyclic) bond motifs is 2. The number of ether oxygens (including phenoxy) is 1. The zero-order chi connectivity index (χ0) is 23.6. The molecule has 0 saturated carbocycles. The molecule has 1 aromatic rings. The number of sulfonamides is 1. The van der Waals surface area contributed by atoms with Gasteiger partial charge in [0.25, 0.3) is 10.0 Å². The number of hydrogen-bond donors (Lipinski definition) is 5. The highest BCUT2D eigenvalue weighted by Crippen LogP contribution is 2.39. The van der Waals surface area contributed by atoms with Crippen LogP contribution in [0.5, 0.6) is 0 Å². The fraction of sp³-hybridized carbons (Fsp3) is 0.682. The van der Waals surface area contributed by atoms with Crippen LogP contribution < -0.4 is 20.9 Å². The van der Waals surface area contributed by atoms with E-state index in [2.05, 4.69) is 27.0 Å². The number of hydrazine groups is 1. The lowest BCUT2D eigenvalue weighted by atomic mass is 9.86. The molecule has 32 heavy (non-hydrogen) atoms. The van der Waals surface area contributed by atoms with Gasteiger partial charge in [0.2, 0.25) is 4.93 Å². The van der Waals surface area contributed by atoms with Gasteiger partial charge < -0.3 is 15.2 Å². The van der Waals surface area contributed by atoms with Crippen molar-refractivity contribution in [1.29, 1.82) is 0 Å². The molecule has 0 saturated heterocycles. The maximum Gasteiger partial charge on any atom is 0.332 e. The van der Waals surface area contributed by atoms with E-state index in [-0.39, 0.29) is 6.54 Å². The van der Waals surface area contributed by atoms with Gasteiger partial charge in [-0.05, 0) is 60.8 Å². The largest absolute Gasteiger partial charge is 0.380 e. The highest BCUT2D eigenvalue weighted by molar-refractivity contribution is 7.91. The molecule has 1 atom stereocenters. The number of anilines is 1. The van der Waals surface area contributed by atoms with Gasteiger partial charge in [0.15, 0.2) is 0 Å². The van der Waals surface area contributed by atoms with Crippen LogP contribution in [0.4, 0.5) is 10.5 Å². The van der Waals surface area contributed by atoms with Gasteiger partial charge >= 0.3 is 6.03 Å². The minimum atomic E-state index is -4.53. The number of rotatable bonds is 10. The molecule has 0 spiro atoms. The molecule has 0 bridgehead atoms. The van der Waals surface area contributed by atoms with Crippen LogP contribution in [0.15, 0.2) is 6.07 Å². The Bertz CT molecular complexity index is 931. The molecule has 2 amide bonds. The second-order valence-corrected chi connectivity index (χ2v) is 11.2. The summed E-state index contributed by atoms with van der Waals surface area (Å²) in [5.41, 5.74) is 10.0. The van der Waals surface area contributed by atoms with Crippen LogP contribution in [0, 0.1) is 5.41 Å². The van der Waals surface area contributed by atoms with E-state index in [1.807, 2.05) is 6.92 Å². The fourth-order valence-corrected chi connectivity index (χ4v) is 6.23. The first-order valence-electron chi connectivity index (χ1n) is 11.2. The van der Waals surface area contributed by atoms with Crippen molar-refractivity contribution >= 4 is 21.7 Å². The Balaban J connectivity index is 1.83. The predicted octanol–water partition coefficient (Wildman–Crippen LogP) is 1.59. The van der Waals surface area contributed by atoms with Gasteiger partial charge in [0.1, 0.15) is 0 Å². The van der Waals surface area contributed by atoms with Crippen molar-refractivity contribution < 1.29 is 23.1 Å². The summed E-state index contributed by atoms with van der Waals surface area (Å²) in [5, 5.41) is 14.1. The smallest absolute Gasteiger partial charge is 0.332 e. The van der Waals surface area contributed by atoms with E-state index < -0.39 is 33.0 Å². The van der Waals surface area contributed by atoms with Crippen molar-refractivity contribution in [3.63, 3.8) is 0 Å². The van der Waals surface area contributed by atoms with E-state index in [4.69, 9.17) is 4.74 Å². The molecule has 0 radical (unpaired) electrons. The van der Waals surface area contributed by atoms with Gasteiger partial charge in [-0.3, -0.25) is 10.9 Å². The zero-order valence-corrected chi connectivity index (χ0v) is 20.2. The second kappa shape index (κ2) is 9.64. The third-order valence-electron chi connectivity index (χ3n) is 6.61. The van der Waals surface area contributed by atoms with E-state index in [1.54, 1.807) is 13.8 Å². The van der Waals surface area contributed by atoms with Gasteiger partial charge in [-0.25, -0.2) is 17.9 Å². The Kier molecular flexibility index (Phi) is 7.51. The Labute approximate surface area is 190 Å². The summed E-state index contributed by atoms with van der Waals surface area (Å²) in [6.07, 6.45) is 5.71. The first kappa shape index (κ1) is 24.9. The topological polar surface area (TPSA) is 129 Å². The van der Waals surface area contributed by atoms with E-state index in [1.165, 1.54) is 18.2 Å². The van der Waals surface area contributed by atoms with Gasteiger partial charge in [-0.15, -0.1) is 0 Å². The molecule has 2 aliphatic rings. The number of aryl methyl sites for hydroxylation is 2. The van der Waals surface area contributed by atoms with Gasteiger partial charge in [-0.1, -0.05) is 26.8 Å². The van der Waals surface area contributed by atoms with E-state index in [9.17, 15) is 18.3 Å². The lowest BCUT2D eigenvalue weighted by Gasteiger charge is -2.41. The quantitative estimate of drug-likeness (QED) is 0.260. The Morgan fingerprint density at radius 2 is 1.69 bits per heavy atom. The molecule has 0 aromatic heterocycles. The number of methoxy groups -OCH3 is 1. The maximum atomic E-state index is 13.2. The van der Waals surface area contributed by atoms with Crippen LogP contribution in [-0.4, -0.2) is 51.3 Å². The standard InChI is InChI=1S/C22H36N4O5S/c1-5-23-24-13-21(2,3)22(28,14-31-4)32(29,30)26-20(27)25-19-17-10-6-8-15(17)12-16-9-7-11-18(16)19/h12,23-24,28H,5-11,13-14H2,1-4H3,(H2,25,26,27). The summed E-state index contributed by atoms with van der Waals surface area (Å²) in [7, 11) is -3.22. The molecule has 5 N–H and O–H groups in total. The normalized spacial score (nSPS) is 17.5. The van der Waals surface area contributed by atoms with Crippen molar-refractivity contribution in [2.75, 3.05) is 32.1 Å². The number of hydrogen-bond acceptors (Lipinski definition) is 7. The minimum Gasteiger partial charge on any atom is -0.380 e. The molecular formula is C22H36N4O5S. The summed E-state index contributed by atoms with van der Waals surface area (Å²) < 4.78 is 33.6. The summed E-state index contributed by atoms with van der Waals surface area (Å²) in [5.74, 6) is 0. The highest BCUT2D eigenvalue weighted by Gasteiger charge is 2.55. The Morgan fingerprint density at radius 3 is 2.22 bits per heavy atom. The average molecular weight is 469 g/mol. The van der Waals surface area contributed by atoms with Crippen molar-refractivity contribution in [2.24, 2.45) is 5.41 Å². The molecule has 3 rings (SSSR count). The van der Waals surface area contributed by atoms with Crippen LogP contribution in [-0.2, 0) is 40.4 Å². The van der Waals surface area contributed by atoms with Crippen LogP contribution in [0.3, 0.4) is 0 Å². The molecule has 0 aliphatic heterocycles. The average Bonchev–Trinajstić information content (AvgIpc) is 3.36. The summed E-state index contributed by atoms with van der Waals surface area (Å²) in [6.45, 7) is 5.35. The van der Waals surface area contributed by atoms with Crippen molar-refractivity contribution in [3.8, 4) is 0 Å².